The van der Waals surface area contributed by atoms with Gasteiger partial charge < -0.3 is 4.74 Å². The molecule has 2 rings (SSSR count). The average molecular weight is 315 g/mol. The predicted molar refractivity (Wildman–Crippen MR) is 85.7 cm³/mol. The van der Waals surface area contributed by atoms with Crippen molar-refractivity contribution in [1.29, 1.82) is 0 Å². The van der Waals surface area contributed by atoms with Gasteiger partial charge in [0.1, 0.15) is 11.4 Å². The zero-order valence-electron chi connectivity index (χ0n) is 13.3. The van der Waals surface area contributed by atoms with Crippen molar-refractivity contribution in [2.24, 2.45) is 0 Å². The molecule has 0 spiro atoms. The zero-order chi connectivity index (χ0) is 16.7. The van der Waals surface area contributed by atoms with Crippen LogP contribution in [0, 0.1) is 0 Å². The summed E-state index contributed by atoms with van der Waals surface area (Å²) in [6, 6.07) is 2.88. The summed E-state index contributed by atoms with van der Waals surface area (Å²) in [6.45, 7) is 2.51. The molecule has 122 valence electrons. The van der Waals surface area contributed by atoms with E-state index in [4.69, 9.17) is 4.74 Å². The number of nitrogens with zero attached hydrogens (tertiary/aromatic N) is 1. The molecular weight excluding hydrogens is 294 g/mol. The first kappa shape index (κ1) is 17.1. The van der Waals surface area contributed by atoms with Crippen molar-refractivity contribution in [3.05, 3.63) is 41.2 Å². The van der Waals surface area contributed by atoms with E-state index in [1.807, 2.05) is 0 Å². The van der Waals surface area contributed by atoms with Crippen molar-refractivity contribution in [3.63, 3.8) is 0 Å². The molecule has 0 fully saturated rings. The SMILES string of the molecule is CCCCCCCCOC(=O)c1ccc2c(n1)C(=O)C=CC2=O. The molecule has 0 aromatic carbocycles. The standard InChI is InChI=1S/C18H21NO4/c1-2-3-4-5-6-7-12-23-18(22)14-9-8-13-15(20)10-11-16(21)17(13)19-14/h8-11H,2-7,12H2,1H3. The van der Waals surface area contributed by atoms with E-state index in [2.05, 4.69) is 11.9 Å². The highest BCUT2D eigenvalue weighted by Crippen LogP contribution is 2.16. The van der Waals surface area contributed by atoms with Crippen molar-refractivity contribution >= 4 is 17.5 Å². The van der Waals surface area contributed by atoms with Crippen LogP contribution in [-0.2, 0) is 4.74 Å². The Bertz CT molecular complexity index is 634. The number of hydrogen-bond donors (Lipinski definition) is 0. The van der Waals surface area contributed by atoms with Crippen LogP contribution in [0.3, 0.4) is 0 Å². The summed E-state index contributed by atoms with van der Waals surface area (Å²) in [6.07, 6.45) is 9.02. The van der Waals surface area contributed by atoms with Gasteiger partial charge in [0.2, 0.25) is 5.78 Å². The Morgan fingerprint density at radius 3 is 2.48 bits per heavy atom. The number of allylic oxidation sites excluding steroid dienone is 2. The molecule has 0 bridgehead atoms. The Morgan fingerprint density at radius 2 is 1.70 bits per heavy atom. The zero-order valence-corrected chi connectivity index (χ0v) is 13.3. The number of ketones is 2. The second-order valence-corrected chi connectivity index (χ2v) is 5.56. The summed E-state index contributed by atoms with van der Waals surface area (Å²) in [5, 5.41) is 0. The van der Waals surface area contributed by atoms with Crippen LogP contribution in [0.15, 0.2) is 24.3 Å². The number of rotatable bonds is 8. The predicted octanol–water partition coefficient (Wildman–Crippen LogP) is 3.53. The molecule has 5 nitrogen and oxygen atoms in total. The Balaban J connectivity index is 1.85. The Kier molecular flexibility index (Phi) is 6.20. The van der Waals surface area contributed by atoms with E-state index in [1.54, 1.807) is 0 Å². The normalized spacial score (nSPS) is 13.1. The van der Waals surface area contributed by atoms with Crippen molar-refractivity contribution in [3.8, 4) is 0 Å². The number of ether oxygens (including phenoxy) is 1. The van der Waals surface area contributed by atoms with Gasteiger partial charge in [0, 0.05) is 0 Å². The number of hydrogen-bond acceptors (Lipinski definition) is 5. The van der Waals surface area contributed by atoms with E-state index in [1.165, 1.54) is 43.5 Å². The fourth-order valence-corrected chi connectivity index (χ4v) is 2.40. The van der Waals surface area contributed by atoms with Crippen LogP contribution in [0.1, 0.15) is 76.8 Å². The molecule has 1 aromatic rings. The minimum Gasteiger partial charge on any atom is -0.461 e. The molecular formula is C18H21NO4. The van der Waals surface area contributed by atoms with Crippen molar-refractivity contribution in [2.75, 3.05) is 6.61 Å². The fraction of sp³-hybridized carbons (Fsp3) is 0.444. The Hall–Kier alpha value is -2.30. The van der Waals surface area contributed by atoms with Gasteiger partial charge in [-0.2, -0.15) is 0 Å². The molecule has 0 saturated heterocycles. The second-order valence-electron chi connectivity index (χ2n) is 5.56. The van der Waals surface area contributed by atoms with Gasteiger partial charge in [-0.15, -0.1) is 0 Å². The van der Waals surface area contributed by atoms with Gasteiger partial charge in [0.25, 0.3) is 0 Å². The van der Waals surface area contributed by atoms with Crippen LogP contribution in [0.25, 0.3) is 0 Å². The number of aromatic nitrogens is 1. The number of esters is 1. The van der Waals surface area contributed by atoms with Crippen LogP contribution in [0.2, 0.25) is 0 Å². The molecule has 23 heavy (non-hydrogen) atoms. The summed E-state index contributed by atoms with van der Waals surface area (Å²) >= 11 is 0. The van der Waals surface area contributed by atoms with E-state index in [9.17, 15) is 14.4 Å². The molecule has 5 heteroatoms. The fourth-order valence-electron chi connectivity index (χ4n) is 2.40. The van der Waals surface area contributed by atoms with Crippen molar-refractivity contribution in [1.82, 2.24) is 4.98 Å². The van der Waals surface area contributed by atoms with E-state index in [0.29, 0.717) is 6.61 Å². The van der Waals surface area contributed by atoms with Crippen LogP contribution < -0.4 is 0 Å². The maximum Gasteiger partial charge on any atom is 0.356 e. The average Bonchev–Trinajstić information content (AvgIpc) is 2.57. The minimum absolute atomic E-state index is 0.0199. The molecule has 0 radical (unpaired) electrons. The highest BCUT2D eigenvalue weighted by molar-refractivity contribution is 6.21. The van der Waals surface area contributed by atoms with Gasteiger partial charge in [-0.05, 0) is 30.7 Å². The highest BCUT2D eigenvalue weighted by Gasteiger charge is 2.22. The number of unbranched alkanes of at least 4 members (excludes halogenated alkanes) is 5. The van der Waals surface area contributed by atoms with Crippen LogP contribution in [0.4, 0.5) is 0 Å². The molecule has 1 heterocycles. The largest absolute Gasteiger partial charge is 0.461 e. The molecule has 1 aromatic heterocycles. The minimum atomic E-state index is -0.559. The van der Waals surface area contributed by atoms with Crippen LogP contribution >= 0.6 is 0 Å². The summed E-state index contributed by atoms with van der Waals surface area (Å²) in [4.78, 5) is 39.3. The molecule has 0 N–H and O–H groups in total. The topological polar surface area (TPSA) is 73.3 Å². The van der Waals surface area contributed by atoms with E-state index < -0.39 is 5.97 Å². The maximum absolute atomic E-state index is 12.0. The lowest BCUT2D eigenvalue weighted by Crippen LogP contribution is -2.17. The second kappa shape index (κ2) is 8.36. The van der Waals surface area contributed by atoms with Crippen LogP contribution in [-0.4, -0.2) is 29.1 Å². The smallest absolute Gasteiger partial charge is 0.356 e. The Morgan fingerprint density at radius 1 is 1.00 bits per heavy atom. The van der Waals surface area contributed by atoms with Gasteiger partial charge in [0.05, 0.1) is 12.2 Å². The van der Waals surface area contributed by atoms with Crippen molar-refractivity contribution in [2.45, 2.75) is 45.4 Å². The molecule has 0 aliphatic heterocycles. The quantitative estimate of drug-likeness (QED) is 0.542. The lowest BCUT2D eigenvalue weighted by molar-refractivity contribution is 0.0490. The van der Waals surface area contributed by atoms with Crippen molar-refractivity contribution < 1.29 is 19.1 Å². The van der Waals surface area contributed by atoms with Gasteiger partial charge >= 0.3 is 5.97 Å². The highest BCUT2D eigenvalue weighted by atomic mass is 16.5. The molecule has 1 aliphatic rings. The van der Waals surface area contributed by atoms with Gasteiger partial charge in [-0.1, -0.05) is 39.0 Å². The van der Waals surface area contributed by atoms with Gasteiger partial charge in [-0.25, -0.2) is 9.78 Å². The van der Waals surface area contributed by atoms with Crippen LogP contribution in [0.5, 0.6) is 0 Å². The number of carbonyl (C=O) groups excluding carboxylic acids is 3. The first-order valence-corrected chi connectivity index (χ1v) is 8.08. The lowest BCUT2D eigenvalue weighted by Gasteiger charge is -2.09. The third kappa shape index (κ3) is 4.58. The van der Waals surface area contributed by atoms with E-state index in [0.717, 1.165) is 19.3 Å². The molecule has 0 unspecified atom stereocenters. The summed E-state index contributed by atoms with van der Waals surface area (Å²) in [5.41, 5.74) is 0.308. The number of carbonyl (C=O) groups is 3. The first-order chi connectivity index (χ1) is 11.1. The summed E-state index contributed by atoms with van der Waals surface area (Å²) in [7, 11) is 0. The van der Waals surface area contributed by atoms with E-state index in [-0.39, 0.29) is 28.5 Å². The molecule has 1 aliphatic carbocycles. The third-order valence-electron chi connectivity index (χ3n) is 3.72. The van der Waals surface area contributed by atoms with Gasteiger partial charge in [0.15, 0.2) is 5.78 Å². The summed E-state index contributed by atoms with van der Waals surface area (Å²) < 4.78 is 5.17. The number of fused-ring (bicyclic) bond motifs is 1. The first-order valence-electron chi connectivity index (χ1n) is 8.08. The Labute approximate surface area is 135 Å². The summed E-state index contributed by atoms with van der Waals surface area (Å²) in [5.74, 6) is -1.21. The molecule has 0 saturated carbocycles. The molecule has 0 amide bonds. The lowest BCUT2D eigenvalue weighted by atomic mass is 9.99. The van der Waals surface area contributed by atoms with Gasteiger partial charge in [-0.3, -0.25) is 9.59 Å². The maximum atomic E-state index is 12.0. The third-order valence-corrected chi connectivity index (χ3v) is 3.72. The number of pyridine rings is 1. The van der Waals surface area contributed by atoms with E-state index >= 15 is 0 Å². The molecule has 0 atom stereocenters. The monoisotopic (exact) mass is 315 g/mol.